The van der Waals surface area contributed by atoms with Gasteiger partial charge in [-0.3, -0.25) is 9.59 Å². The molecule has 2 heterocycles. The van der Waals surface area contributed by atoms with Gasteiger partial charge in [0, 0.05) is 41.3 Å². The zero-order valence-corrected chi connectivity index (χ0v) is 19.4. The lowest BCUT2D eigenvalue weighted by Crippen LogP contribution is -2.54. The van der Waals surface area contributed by atoms with Crippen molar-refractivity contribution < 1.29 is 9.59 Å². The third-order valence-corrected chi connectivity index (χ3v) is 8.14. The Morgan fingerprint density at radius 3 is 2.61 bits per heavy atom. The Morgan fingerprint density at radius 2 is 1.96 bits per heavy atom. The molecule has 0 aliphatic carbocycles. The van der Waals surface area contributed by atoms with Crippen LogP contribution in [0.15, 0.2) is 28.7 Å². The zero-order chi connectivity index (χ0) is 20.1. The number of nitrogens with zero attached hydrogens (tertiary/aromatic N) is 2. The number of likely N-dealkylation sites (tertiary alicyclic amines) is 1. The molecule has 0 aromatic heterocycles. The molecule has 3 rings (SSSR count). The summed E-state index contributed by atoms with van der Waals surface area (Å²) < 4.78 is 0.928. The topological polar surface area (TPSA) is 40.6 Å². The van der Waals surface area contributed by atoms with E-state index in [4.69, 9.17) is 0 Å². The molecular formula is C22H31BrN2O2S. The van der Waals surface area contributed by atoms with Gasteiger partial charge in [-0.2, -0.15) is 0 Å². The van der Waals surface area contributed by atoms with Crippen LogP contribution in [0, 0.1) is 5.92 Å². The van der Waals surface area contributed by atoms with Crippen molar-refractivity contribution in [3.05, 3.63) is 34.3 Å². The Hall–Kier alpha value is -1.01. The number of thioether (sulfide) groups is 1. The zero-order valence-electron chi connectivity index (χ0n) is 17.0. The van der Waals surface area contributed by atoms with Gasteiger partial charge < -0.3 is 9.80 Å². The van der Waals surface area contributed by atoms with E-state index in [1.807, 2.05) is 36.0 Å². The van der Waals surface area contributed by atoms with Gasteiger partial charge in [0.1, 0.15) is 0 Å². The van der Waals surface area contributed by atoms with E-state index in [0.717, 1.165) is 73.9 Å². The van der Waals surface area contributed by atoms with Gasteiger partial charge >= 0.3 is 0 Å². The van der Waals surface area contributed by atoms with Crippen molar-refractivity contribution in [3.8, 4) is 0 Å². The van der Waals surface area contributed by atoms with Crippen LogP contribution in [0.4, 0.5) is 0 Å². The van der Waals surface area contributed by atoms with Crippen molar-refractivity contribution in [1.29, 1.82) is 0 Å². The van der Waals surface area contributed by atoms with E-state index in [1.165, 1.54) is 0 Å². The SMILES string of the molecule is CCCCC(CC)C(=O)N1CCC2(CC1)SCCN2C(=O)c1cccc(Br)c1. The van der Waals surface area contributed by atoms with E-state index in [0.29, 0.717) is 5.91 Å². The molecular weight excluding hydrogens is 436 g/mol. The number of piperidine rings is 1. The number of halogens is 1. The summed E-state index contributed by atoms with van der Waals surface area (Å²) in [6, 6.07) is 7.65. The van der Waals surface area contributed by atoms with Gasteiger partial charge in [-0.25, -0.2) is 0 Å². The maximum Gasteiger partial charge on any atom is 0.255 e. The fraction of sp³-hybridized carbons (Fsp3) is 0.636. The fourth-order valence-electron chi connectivity index (χ4n) is 4.37. The van der Waals surface area contributed by atoms with E-state index in [2.05, 4.69) is 39.6 Å². The van der Waals surface area contributed by atoms with Gasteiger partial charge in [-0.1, -0.05) is 48.7 Å². The van der Waals surface area contributed by atoms with Gasteiger partial charge in [0.15, 0.2) is 0 Å². The minimum absolute atomic E-state index is 0.112. The summed E-state index contributed by atoms with van der Waals surface area (Å²) in [4.78, 5) is 30.1. The third-order valence-electron chi connectivity index (χ3n) is 6.10. The van der Waals surface area contributed by atoms with Crippen LogP contribution in [0.1, 0.15) is 62.7 Å². The van der Waals surface area contributed by atoms with Crippen LogP contribution >= 0.6 is 27.7 Å². The largest absolute Gasteiger partial charge is 0.342 e. The molecule has 1 atom stereocenters. The van der Waals surface area contributed by atoms with Crippen molar-refractivity contribution in [1.82, 2.24) is 9.80 Å². The molecule has 2 aliphatic rings. The highest BCUT2D eigenvalue weighted by Crippen LogP contribution is 2.44. The van der Waals surface area contributed by atoms with E-state index in [1.54, 1.807) is 0 Å². The van der Waals surface area contributed by atoms with Gasteiger partial charge in [0.2, 0.25) is 5.91 Å². The Morgan fingerprint density at radius 1 is 1.21 bits per heavy atom. The number of amides is 2. The van der Waals surface area contributed by atoms with Gasteiger partial charge in [-0.15, -0.1) is 11.8 Å². The molecule has 0 bridgehead atoms. The lowest BCUT2D eigenvalue weighted by molar-refractivity contribution is -0.137. The summed E-state index contributed by atoms with van der Waals surface area (Å²) in [5, 5.41) is 0. The van der Waals surface area contributed by atoms with Crippen molar-refractivity contribution in [2.24, 2.45) is 5.92 Å². The quantitative estimate of drug-likeness (QED) is 0.580. The number of unbranched alkanes of at least 4 members (excludes halogenated alkanes) is 1. The van der Waals surface area contributed by atoms with Crippen LogP contribution < -0.4 is 0 Å². The van der Waals surface area contributed by atoms with E-state index in [9.17, 15) is 9.59 Å². The molecule has 1 aromatic rings. The summed E-state index contributed by atoms with van der Waals surface area (Å²) in [7, 11) is 0. The molecule has 2 aliphatic heterocycles. The van der Waals surface area contributed by atoms with Crippen molar-refractivity contribution in [3.63, 3.8) is 0 Å². The summed E-state index contributed by atoms with van der Waals surface area (Å²) in [6.45, 7) is 6.61. The number of rotatable bonds is 6. The molecule has 1 unspecified atom stereocenters. The first-order valence-electron chi connectivity index (χ1n) is 10.5. The van der Waals surface area contributed by atoms with Crippen LogP contribution in [0.5, 0.6) is 0 Å². The molecule has 6 heteroatoms. The summed E-state index contributed by atoms with van der Waals surface area (Å²) in [5.74, 6) is 1.56. The highest BCUT2D eigenvalue weighted by Gasteiger charge is 2.47. The highest BCUT2D eigenvalue weighted by atomic mass is 79.9. The summed E-state index contributed by atoms with van der Waals surface area (Å²) in [6.07, 6.45) is 5.90. The van der Waals surface area contributed by atoms with E-state index < -0.39 is 0 Å². The number of benzene rings is 1. The van der Waals surface area contributed by atoms with Gasteiger partial charge in [0.05, 0.1) is 4.87 Å². The number of carbonyl (C=O) groups excluding carboxylic acids is 2. The molecule has 0 saturated carbocycles. The maximum atomic E-state index is 13.2. The highest BCUT2D eigenvalue weighted by molar-refractivity contribution is 9.10. The van der Waals surface area contributed by atoms with E-state index >= 15 is 0 Å². The molecule has 0 N–H and O–H groups in total. The Labute approximate surface area is 181 Å². The second kappa shape index (κ2) is 9.66. The average Bonchev–Trinajstić information content (AvgIpc) is 3.11. The van der Waals surface area contributed by atoms with Crippen LogP contribution in [-0.4, -0.2) is 51.9 Å². The molecule has 4 nitrogen and oxygen atoms in total. The molecule has 0 radical (unpaired) electrons. The second-order valence-electron chi connectivity index (χ2n) is 7.83. The standard InChI is InChI=1S/C22H31BrN2O2S/c1-3-5-7-17(4-2)20(26)24-12-10-22(11-13-24)25(14-15-28-22)21(27)18-8-6-9-19(23)16-18/h6,8-9,16-17H,3-5,7,10-15H2,1-2H3. The predicted molar refractivity (Wildman–Crippen MR) is 119 cm³/mol. The van der Waals surface area contributed by atoms with Crippen LogP contribution in [-0.2, 0) is 4.79 Å². The second-order valence-corrected chi connectivity index (χ2v) is 10.2. The lowest BCUT2D eigenvalue weighted by atomic mass is 9.95. The van der Waals surface area contributed by atoms with Crippen LogP contribution in [0.25, 0.3) is 0 Å². The minimum atomic E-state index is -0.151. The molecule has 28 heavy (non-hydrogen) atoms. The Kier molecular flexibility index (Phi) is 7.48. The molecule has 2 amide bonds. The normalized spacial score (nSPS) is 19.8. The molecule has 2 saturated heterocycles. The van der Waals surface area contributed by atoms with Crippen molar-refractivity contribution >= 4 is 39.5 Å². The van der Waals surface area contributed by atoms with Crippen LogP contribution in [0.2, 0.25) is 0 Å². The Bertz CT molecular complexity index is 704. The fourth-order valence-corrected chi connectivity index (χ4v) is 6.23. The maximum absolute atomic E-state index is 13.2. The number of hydrogen-bond donors (Lipinski definition) is 0. The lowest BCUT2D eigenvalue weighted by Gasteiger charge is -2.44. The first-order valence-corrected chi connectivity index (χ1v) is 12.3. The summed E-state index contributed by atoms with van der Waals surface area (Å²) >= 11 is 5.37. The third kappa shape index (κ3) is 4.59. The monoisotopic (exact) mass is 466 g/mol. The first kappa shape index (κ1) is 21.7. The smallest absolute Gasteiger partial charge is 0.255 e. The van der Waals surface area contributed by atoms with E-state index in [-0.39, 0.29) is 16.7 Å². The molecule has 154 valence electrons. The Balaban J connectivity index is 1.66. The summed E-state index contributed by atoms with van der Waals surface area (Å²) in [5.41, 5.74) is 0.736. The predicted octanol–water partition coefficient (Wildman–Crippen LogP) is 5.17. The number of hydrogen-bond acceptors (Lipinski definition) is 3. The average molecular weight is 467 g/mol. The first-order chi connectivity index (χ1) is 13.5. The van der Waals surface area contributed by atoms with Crippen LogP contribution in [0.3, 0.4) is 0 Å². The molecule has 1 aromatic carbocycles. The number of carbonyl (C=O) groups is 2. The van der Waals surface area contributed by atoms with Gasteiger partial charge in [-0.05, 0) is 43.9 Å². The molecule has 2 fully saturated rings. The minimum Gasteiger partial charge on any atom is -0.342 e. The van der Waals surface area contributed by atoms with Crippen molar-refractivity contribution in [2.45, 2.75) is 57.2 Å². The van der Waals surface area contributed by atoms with Crippen molar-refractivity contribution in [2.75, 3.05) is 25.4 Å². The van der Waals surface area contributed by atoms with Gasteiger partial charge in [0.25, 0.3) is 5.91 Å². The molecule has 1 spiro atoms.